The van der Waals surface area contributed by atoms with Gasteiger partial charge in [-0.15, -0.1) is 0 Å². The number of pyridine rings is 2. The SMILES string of the molecule is Cc1cc2ccccc2c(-c2ccncc2)n1. The van der Waals surface area contributed by atoms with Gasteiger partial charge in [0, 0.05) is 29.0 Å². The van der Waals surface area contributed by atoms with Crippen molar-refractivity contribution < 1.29 is 0 Å². The lowest BCUT2D eigenvalue weighted by Crippen LogP contribution is -1.89. The van der Waals surface area contributed by atoms with Gasteiger partial charge in [-0.1, -0.05) is 24.3 Å². The zero-order valence-corrected chi connectivity index (χ0v) is 9.59. The van der Waals surface area contributed by atoms with Crippen molar-refractivity contribution in [3.05, 3.63) is 60.6 Å². The lowest BCUT2D eigenvalue weighted by Gasteiger charge is -2.07. The molecule has 2 aromatic heterocycles. The quantitative estimate of drug-likeness (QED) is 0.626. The maximum Gasteiger partial charge on any atom is 0.0784 e. The summed E-state index contributed by atoms with van der Waals surface area (Å²) in [6.45, 7) is 2.02. The van der Waals surface area contributed by atoms with Gasteiger partial charge in [-0.25, -0.2) is 0 Å². The van der Waals surface area contributed by atoms with Gasteiger partial charge in [0.2, 0.25) is 0 Å². The fourth-order valence-corrected chi connectivity index (χ4v) is 2.06. The molecule has 0 aliphatic rings. The van der Waals surface area contributed by atoms with E-state index in [1.165, 1.54) is 10.8 Å². The van der Waals surface area contributed by atoms with Crippen molar-refractivity contribution in [1.82, 2.24) is 9.97 Å². The maximum absolute atomic E-state index is 4.64. The minimum atomic E-state index is 1.03. The summed E-state index contributed by atoms with van der Waals surface area (Å²) < 4.78 is 0. The summed E-state index contributed by atoms with van der Waals surface area (Å²) in [6.07, 6.45) is 3.60. The van der Waals surface area contributed by atoms with E-state index in [-0.39, 0.29) is 0 Å². The van der Waals surface area contributed by atoms with E-state index in [9.17, 15) is 0 Å². The molecule has 0 unspecified atom stereocenters. The molecule has 17 heavy (non-hydrogen) atoms. The number of benzene rings is 1. The second-order valence-corrected chi connectivity index (χ2v) is 4.07. The molecule has 2 heterocycles. The van der Waals surface area contributed by atoms with Crippen LogP contribution in [0.3, 0.4) is 0 Å². The highest BCUT2D eigenvalue weighted by molar-refractivity contribution is 5.94. The van der Waals surface area contributed by atoms with Crippen molar-refractivity contribution in [1.29, 1.82) is 0 Å². The summed E-state index contributed by atoms with van der Waals surface area (Å²) >= 11 is 0. The first-order valence-electron chi connectivity index (χ1n) is 5.61. The van der Waals surface area contributed by atoms with Crippen molar-refractivity contribution in [3.8, 4) is 11.3 Å². The third kappa shape index (κ3) is 1.78. The molecular formula is C15H12N2. The van der Waals surface area contributed by atoms with E-state index in [1.54, 1.807) is 12.4 Å². The largest absolute Gasteiger partial charge is 0.265 e. The Labute approximate surface area is 100.0 Å². The molecule has 2 nitrogen and oxygen atoms in total. The molecule has 2 heteroatoms. The van der Waals surface area contributed by atoms with Crippen LogP contribution in [0, 0.1) is 6.92 Å². The molecular weight excluding hydrogens is 208 g/mol. The fourth-order valence-electron chi connectivity index (χ4n) is 2.06. The van der Waals surface area contributed by atoms with Crippen molar-refractivity contribution in [2.75, 3.05) is 0 Å². The fraction of sp³-hybridized carbons (Fsp3) is 0.0667. The highest BCUT2D eigenvalue weighted by atomic mass is 14.7. The molecule has 0 bridgehead atoms. The highest BCUT2D eigenvalue weighted by Gasteiger charge is 2.05. The Morgan fingerprint density at radius 2 is 1.71 bits per heavy atom. The van der Waals surface area contributed by atoms with Gasteiger partial charge in [-0.05, 0) is 30.5 Å². The zero-order chi connectivity index (χ0) is 11.7. The van der Waals surface area contributed by atoms with Crippen LogP contribution < -0.4 is 0 Å². The summed E-state index contributed by atoms with van der Waals surface area (Å²) in [4.78, 5) is 8.69. The predicted molar refractivity (Wildman–Crippen MR) is 69.7 cm³/mol. The van der Waals surface area contributed by atoms with E-state index < -0.39 is 0 Å². The third-order valence-electron chi connectivity index (χ3n) is 2.82. The summed E-state index contributed by atoms with van der Waals surface area (Å²) in [7, 11) is 0. The Bertz CT molecular complexity index is 660. The number of nitrogens with zero attached hydrogens (tertiary/aromatic N) is 2. The van der Waals surface area contributed by atoms with Crippen LogP contribution in [0.2, 0.25) is 0 Å². The normalized spacial score (nSPS) is 10.6. The second-order valence-electron chi connectivity index (χ2n) is 4.07. The van der Waals surface area contributed by atoms with Gasteiger partial charge in [0.05, 0.1) is 5.69 Å². The van der Waals surface area contributed by atoms with Gasteiger partial charge in [0.1, 0.15) is 0 Å². The molecule has 0 radical (unpaired) electrons. The molecule has 0 N–H and O–H groups in total. The lowest BCUT2D eigenvalue weighted by atomic mass is 10.0. The van der Waals surface area contributed by atoms with Crippen LogP contribution in [0.1, 0.15) is 5.69 Å². The van der Waals surface area contributed by atoms with Gasteiger partial charge in [0.15, 0.2) is 0 Å². The summed E-state index contributed by atoms with van der Waals surface area (Å²) in [5, 5.41) is 2.41. The number of hydrogen-bond donors (Lipinski definition) is 0. The van der Waals surface area contributed by atoms with E-state index in [0.29, 0.717) is 0 Å². The molecule has 0 amide bonds. The third-order valence-corrected chi connectivity index (χ3v) is 2.82. The Balaban J connectivity index is 2.36. The first-order chi connectivity index (χ1) is 8.34. The minimum absolute atomic E-state index is 1.03. The van der Waals surface area contributed by atoms with Crippen molar-refractivity contribution in [2.24, 2.45) is 0 Å². The Hall–Kier alpha value is -2.22. The Morgan fingerprint density at radius 1 is 0.941 bits per heavy atom. The molecule has 0 aliphatic carbocycles. The van der Waals surface area contributed by atoms with Crippen LogP contribution in [0.5, 0.6) is 0 Å². The lowest BCUT2D eigenvalue weighted by molar-refractivity contribution is 1.22. The van der Waals surface area contributed by atoms with Crippen LogP contribution in [0.25, 0.3) is 22.0 Å². The first-order valence-corrected chi connectivity index (χ1v) is 5.61. The summed E-state index contributed by atoms with van der Waals surface area (Å²) in [5.74, 6) is 0. The average Bonchev–Trinajstić information content (AvgIpc) is 2.39. The van der Waals surface area contributed by atoms with E-state index >= 15 is 0 Å². The van der Waals surface area contributed by atoms with Gasteiger partial charge < -0.3 is 0 Å². The van der Waals surface area contributed by atoms with Gasteiger partial charge in [0.25, 0.3) is 0 Å². The molecule has 0 fully saturated rings. The van der Waals surface area contributed by atoms with E-state index in [4.69, 9.17) is 0 Å². The molecule has 0 saturated carbocycles. The number of rotatable bonds is 1. The molecule has 0 saturated heterocycles. The standard InChI is InChI=1S/C15H12N2/c1-11-10-13-4-2-3-5-14(13)15(17-11)12-6-8-16-9-7-12/h2-10H,1H3. The highest BCUT2D eigenvalue weighted by Crippen LogP contribution is 2.26. The summed E-state index contributed by atoms with van der Waals surface area (Å²) in [6, 6.07) is 14.4. The molecule has 3 rings (SSSR count). The monoisotopic (exact) mass is 220 g/mol. The Morgan fingerprint density at radius 3 is 2.53 bits per heavy atom. The predicted octanol–water partition coefficient (Wildman–Crippen LogP) is 3.61. The van der Waals surface area contributed by atoms with Crippen LogP contribution in [0.15, 0.2) is 54.9 Å². The number of aromatic nitrogens is 2. The van der Waals surface area contributed by atoms with E-state index in [0.717, 1.165) is 17.0 Å². The van der Waals surface area contributed by atoms with Gasteiger partial charge >= 0.3 is 0 Å². The first kappa shape index (κ1) is 9.97. The number of hydrogen-bond acceptors (Lipinski definition) is 2. The molecule has 3 aromatic rings. The van der Waals surface area contributed by atoms with E-state index in [2.05, 4.69) is 34.2 Å². The van der Waals surface area contributed by atoms with Crippen LogP contribution in [-0.2, 0) is 0 Å². The molecule has 0 atom stereocenters. The maximum atomic E-state index is 4.64. The Kier molecular flexibility index (Phi) is 2.33. The van der Waals surface area contributed by atoms with Gasteiger partial charge in [-0.3, -0.25) is 9.97 Å². The van der Waals surface area contributed by atoms with E-state index in [1.807, 2.05) is 25.1 Å². The molecule has 1 aromatic carbocycles. The van der Waals surface area contributed by atoms with Crippen molar-refractivity contribution in [3.63, 3.8) is 0 Å². The van der Waals surface area contributed by atoms with Crippen molar-refractivity contribution in [2.45, 2.75) is 6.92 Å². The smallest absolute Gasteiger partial charge is 0.0784 e. The second kappa shape index (κ2) is 3.98. The number of fused-ring (bicyclic) bond motifs is 1. The molecule has 82 valence electrons. The molecule has 0 spiro atoms. The van der Waals surface area contributed by atoms with Crippen LogP contribution >= 0.6 is 0 Å². The van der Waals surface area contributed by atoms with Crippen LogP contribution in [0.4, 0.5) is 0 Å². The average molecular weight is 220 g/mol. The van der Waals surface area contributed by atoms with Crippen LogP contribution in [-0.4, -0.2) is 9.97 Å². The van der Waals surface area contributed by atoms with Gasteiger partial charge in [-0.2, -0.15) is 0 Å². The molecule has 0 aliphatic heterocycles. The number of aryl methyl sites for hydroxylation is 1. The van der Waals surface area contributed by atoms with Crippen molar-refractivity contribution >= 4 is 10.8 Å². The summed E-state index contributed by atoms with van der Waals surface area (Å²) in [5.41, 5.74) is 3.18. The minimum Gasteiger partial charge on any atom is -0.265 e. The topological polar surface area (TPSA) is 25.8 Å². The zero-order valence-electron chi connectivity index (χ0n) is 9.59.